The van der Waals surface area contributed by atoms with Gasteiger partial charge in [0.15, 0.2) is 5.76 Å². The Morgan fingerprint density at radius 1 is 1.19 bits per heavy atom. The molecule has 1 saturated heterocycles. The van der Waals surface area contributed by atoms with Gasteiger partial charge in [-0.25, -0.2) is 4.39 Å². The number of piperidine rings is 1. The van der Waals surface area contributed by atoms with Crippen molar-refractivity contribution < 1.29 is 22.9 Å². The van der Waals surface area contributed by atoms with E-state index in [-0.39, 0.29) is 23.7 Å². The molecule has 1 aliphatic rings. The van der Waals surface area contributed by atoms with Crippen LogP contribution in [0.25, 0.3) is 11.4 Å². The lowest BCUT2D eigenvalue weighted by Crippen LogP contribution is -2.46. The van der Waals surface area contributed by atoms with Gasteiger partial charge in [-0.2, -0.15) is 4.98 Å². The number of carbonyl (C=O) groups excluding carboxylic acids is 2. The van der Waals surface area contributed by atoms with Crippen LogP contribution in [-0.2, 0) is 11.2 Å². The first kappa shape index (κ1) is 21.7. The number of hydrogen-bond acceptors (Lipinski definition) is 6. The first-order valence-corrected chi connectivity index (χ1v) is 10.7. The summed E-state index contributed by atoms with van der Waals surface area (Å²) in [5.74, 6) is 0.737. The smallest absolute Gasteiger partial charge is 0.287 e. The van der Waals surface area contributed by atoms with Crippen molar-refractivity contribution in [1.29, 1.82) is 0 Å². The van der Waals surface area contributed by atoms with Gasteiger partial charge in [-0.3, -0.25) is 9.59 Å². The summed E-state index contributed by atoms with van der Waals surface area (Å²) in [6.45, 7) is 3.05. The number of nitrogens with one attached hydrogen (secondary N) is 1. The third-order valence-electron chi connectivity index (χ3n) is 5.60. The summed E-state index contributed by atoms with van der Waals surface area (Å²) in [5.41, 5.74) is 1.48. The number of hydrogen-bond donors (Lipinski definition) is 1. The molecule has 168 valence electrons. The second kappa shape index (κ2) is 9.76. The monoisotopic (exact) mass is 440 g/mol. The number of aromatic nitrogens is 2. The Morgan fingerprint density at radius 3 is 2.62 bits per heavy atom. The fourth-order valence-electron chi connectivity index (χ4n) is 3.75. The summed E-state index contributed by atoms with van der Waals surface area (Å²) < 4.78 is 23.5. The highest BCUT2D eigenvalue weighted by molar-refractivity contribution is 5.93. The summed E-state index contributed by atoms with van der Waals surface area (Å²) in [6, 6.07) is 7.66. The lowest BCUT2D eigenvalue weighted by Gasteiger charge is -2.32. The molecule has 0 radical (unpaired) electrons. The maximum Gasteiger partial charge on any atom is 0.287 e. The Balaban J connectivity index is 1.18. The van der Waals surface area contributed by atoms with E-state index in [9.17, 15) is 14.0 Å². The molecule has 0 unspecified atom stereocenters. The molecule has 0 saturated carbocycles. The summed E-state index contributed by atoms with van der Waals surface area (Å²) >= 11 is 0. The first-order valence-electron chi connectivity index (χ1n) is 10.7. The molecular formula is C23H25FN4O4. The van der Waals surface area contributed by atoms with E-state index in [0.29, 0.717) is 68.2 Å². The van der Waals surface area contributed by atoms with Crippen LogP contribution in [0.5, 0.6) is 0 Å². The summed E-state index contributed by atoms with van der Waals surface area (Å²) in [7, 11) is 0. The maximum atomic E-state index is 13.0. The van der Waals surface area contributed by atoms with Crippen LogP contribution in [0.1, 0.15) is 47.7 Å². The van der Waals surface area contributed by atoms with E-state index in [2.05, 4.69) is 15.5 Å². The molecule has 0 aliphatic carbocycles. The van der Waals surface area contributed by atoms with E-state index in [1.807, 2.05) is 11.8 Å². The third-order valence-corrected chi connectivity index (χ3v) is 5.60. The van der Waals surface area contributed by atoms with E-state index in [1.54, 1.807) is 18.2 Å². The molecular weight excluding hydrogens is 415 g/mol. The van der Waals surface area contributed by atoms with E-state index < -0.39 is 0 Å². The van der Waals surface area contributed by atoms with Crippen LogP contribution in [0.2, 0.25) is 0 Å². The Morgan fingerprint density at radius 2 is 1.94 bits per heavy atom. The van der Waals surface area contributed by atoms with Gasteiger partial charge in [-0.05, 0) is 56.5 Å². The van der Waals surface area contributed by atoms with Gasteiger partial charge >= 0.3 is 0 Å². The molecule has 32 heavy (non-hydrogen) atoms. The lowest BCUT2D eigenvalue weighted by molar-refractivity contribution is -0.132. The number of nitrogens with zero attached hydrogens (tertiary/aromatic N) is 3. The minimum atomic E-state index is -0.324. The fourth-order valence-corrected chi connectivity index (χ4v) is 3.75. The summed E-state index contributed by atoms with van der Waals surface area (Å²) in [4.78, 5) is 30.9. The van der Waals surface area contributed by atoms with E-state index in [1.165, 1.54) is 18.4 Å². The Labute approximate surface area is 184 Å². The van der Waals surface area contributed by atoms with Crippen LogP contribution < -0.4 is 5.32 Å². The second-order valence-electron chi connectivity index (χ2n) is 7.93. The van der Waals surface area contributed by atoms with Gasteiger partial charge in [-0.15, -0.1) is 0 Å². The van der Waals surface area contributed by atoms with Crippen molar-refractivity contribution in [1.82, 2.24) is 20.4 Å². The van der Waals surface area contributed by atoms with Gasteiger partial charge in [0.05, 0.1) is 6.26 Å². The quantitative estimate of drug-likeness (QED) is 0.603. The summed E-state index contributed by atoms with van der Waals surface area (Å²) in [6.07, 6.45) is 4.40. The molecule has 2 aromatic heterocycles. The average Bonchev–Trinajstić information content (AvgIpc) is 3.44. The van der Waals surface area contributed by atoms with Gasteiger partial charge in [0.25, 0.3) is 5.91 Å². The minimum Gasteiger partial charge on any atom is -0.459 e. The molecule has 0 spiro atoms. The van der Waals surface area contributed by atoms with Gasteiger partial charge < -0.3 is 19.2 Å². The van der Waals surface area contributed by atoms with Crippen molar-refractivity contribution in [2.24, 2.45) is 0 Å². The zero-order valence-electron chi connectivity index (χ0n) is 17.8. The van der Waals surface area contributed by atoms with Crippen LogP contribution in [0, 0.1) is 12.7 Å². The summed E-state index contributed by atoms with van der Waals surface area (Å²) in [5, 5.41) is 6.90. The number of rotatable bonds is 7. The molecule has 9 heteroatoms. The molecule has 3 heterocycles. The van der Waals surface area contributed by atoms with Crippen molar-refractivity contribution in [2.45, 2.75) is 45.1 Å². The normalized spacial score (nSPS) is 14.5. The Kier molecular flexibility index (Phi) is 6.63. The molecule has 2 amide bonds. The van der Waals surface area contributed by atoms with Crippen LogP contribution in [0.3, 0.4) is 0 Å². The molecule has 1 aromatic carbocycles. The molecule has 1 N–H and O–H groups in total. The van der Waals surface area contributed by atoms with Gasteiger partial charge in [0.1, 0.15) is 5.82 Å². The molecule has 0 atom stereocenters. The standard InChI is InChI=1S/C23H25FN4O4/c1-15-11-14-31-21(15)23(30)25-18-9-12-28(13-10-18)20(29)4-2-3-19-26-22(27-32-19)16-5-7-17(24)8-6-16/h5-8,11,14,18H,2-4,9-10,12-13H2,1H3,(H,25,30). The van der Waals surface area contributed by atoms with Crippen LogP contribution >= 0.6 is 0 Å². The van der Waals surface area contributed by atoms with Crippen molar-refractivity contribution in [2.75, 3.05) is 13.1 Å². The topological polar surface area (TPSA) is 101 Å². The number of furan rings is 1. The highest BCUT2D eigenvalue weighted by Crippen LogP contribution is 2.18. The van der Waals surface area contributed by atoms with Crippen LogP contribution in [-0.4, -0.2) is 46.0 Å². The zero-order valence-corrected chi connectivity index (χ0v) is 17.8. The Hall–Kier alpha value is -3.49. The third kappa shape index (κ3) is 5.22. The largest absolute Gasteiger partial charge is 0.459 e. The van der Waals surface area contributed by atoms with Gasteiger partial charge in [0, 0.05) is 43.1 Å². The predicted octanol–water partition coefficient (Wildman–Crippen LogP) is 3.52. The molecule has 1 aliphatic heterocycles. The molecule has 8 nitrogen and oxygen atoms in total. The van der Waals surface area contributed by atoms with Crippen molar-refractivity contribution in [3.05, 3.63) is 59.6 Å². The first-order chi connectivity index (χ1) is 15.5. The number of amides is 2. The number of carbonyl (C=O) groups is 2. The molecule has 1 fully saturated rings. The average molecular weight is 440 g/mol. The van der Waals surface area contributed by atoms with Crippen molar-refractivity contribution in [3.8, 4) is 11.4 Å². The van der Waals surface area contributed by atoms with E-state index in [4.69, 9.17) is 8.94 Å². The molecule has 0 bridgehead atoms. The van der Waals surface area contributed by atoms with Crippen LogP contribution in [0.4, 0.5) is 4.39 Å². The zero-order chi connectivity index (χ0) is 22.5. The van der Waals surface area contributed by atoms with E-state index in [0.717, 1.165) is 5.56 Å². The predicted molar refractivity (Wildman–Crippen MR) is 113 cm³/mol. The number of halogens is 1. The SMILES string of the molecule is Cc1ccoc1C(=O)NC1CCN(C(=O)CCCc2nc(-c3ccc(F)cc3)no2)CC1. The number of likely N-dealkylation sites (tertiary alicyclic amines) is 1. The Bertz CT molecular complexity index is 1070. The minimum absolute atomic E-state index is 0.0272. The molecule has 3 aromatic rings. The van der Waals surface area contributed by atoms with E-state index >= 15 is 0 Å². The van der Waals surface area contributed by atoms with Gasteiger partial charge in [0.2, 0.25) is 17.6 Å². The number of aryl methyl sites for hydroxylation is 2. The van der Waals surface area contributed by atoms with Gasteiger partial charge in [-0.1, -0.05) is 5.16 Å². The fraction of sp³-hybridized carbons (Fsp3) is 0.391. The maximum absolute atomic E-state index is 13.0. The van der Waals surface area contributed by atoms with Crippen LogP contribution in [0.15, 0.2) is 45.5 Å². The van der Waals surface area contributed by atoms with Crippen molar-refractivity contribution in [3.63, 3.8) is 0 Å². The number of benzene rings is 1. The molecule has 4 rings (SSSR count). The van der Waals surface area contributed by atoms with Crippen molar-refractivity contribution >= 4 is 11.8 Å². The lowest BCUT2D eigenvalue weighted by atomic mass is 10.0. The highest BCUT2D eigenvalue weighted by atomic mass is 19.1. The highest BCUT2D eigenvalue weighted by Gasteiger charge is 2.25. The second-order valence-corrected chi connectivity index (χ2v) is 7.93.